The zero-order valence-corrected chi connectivity index (χ0v) is 12.2. The normalized spacial score (nSPS) is 10.1. The minimum absolute atomic E-state index is 0.176. The lowest BCUT2D eigenvalue weighted by atomic mass is 10.2. The highest BCUT2D eigenvalue weighted by atomic mass is 79.9. The van der Waals surface area contributed by atoms with E-state index in [1.165, 1.54) is 17.0 Å². The van der Waals surface area contributed by atoms with E-state index in [0.717, 1.165) is 0 Å². The number of hydrogen-bond acceptors (Lipinski definition) is 3. The summed E-state index contributed by atoms with van der Waals surface area (Å²) < 4.78 is 0.581. The summed E-state index contributed by atoms with van der Waals surface area (Å²) in [4.78, 5) is 28.5. The van der Waals surface area contributed by atoms with Gasteiger partial charge in [0.2, 0.25) is 0 Å². The molecule has 1 aromatic heterocycles. The molecule has 1 heterocycles. The molecular weight excluding hydrogens is 324 g/mol. The summed E-state index contributed by atoms with van der Waals surface area (Å²) in [6.45, 7) is 0. The molecule has 0 bridgehead atoms. The Hall–Kier alpha value is -2.21. The molecule has 1 N–H and O–H groups in total. The third-order valence-electron chi connectivity index (χ3n) is 2.74. The fourth-order valence-corrected chi connectivity index (χ4v) is 1.99. The molecule has 0 radical (unpaired) electrons. The van der Waals surface area contributed by atoms with Gasteiger partial charge in [-0.25, -0.2) is 9.78 Å². The van der Waals surface area contributed by atoms with Gasteiger partial charge in [0.05, 0.1) is 5.56 Å². The summed E-state index contributed by atoms with van der Waals surface area (Å²) in [6.07, 6.45) is 0. The predicted octanol–water partition coefficient (Wildman–Crippen LogP) is 2.82. The summed E-state index contributed by atoms with van der Waals surface area (Å²) in [6, 6.07) is 11.2. The van der Waals surface area contributed by atoms with Crippen LogP contribution in [0.3, 0.4) is 0 Å². The Morgan fingerprint density at radius 3 is 2.35 bits per heavy atom. The number of aromatic nitrogens is 1. The summed E-state index contributed by atoms with van der Waals surface area (Å²) in [7, 11) is 1.61. The number of rotatable bonds is 3. The van der Waals surface area contributed by atoms with Gasteiger partial charge < -0.3 is 10.0 Å². The Labute approximate surface area is 124 Å². The van der Waals surface area contributed by atoms with E-state index in [1.54, 1.807) is 37.4 Å². The molecule has 0 spiro atoms. The van der Waals surface area contributed by atoms with E-state index >= 15 is 0 Å². The van der Waals surface area contributed by atoms with Gasteiger partial charge in [-0.15, -0.1) is 0 Å². The first kappa shape index (κ1) is 14.2. The van der Waals surface area contributed by atoms with Gasteiger partial charge in [-0.3, -0.25) is 4.79 Å². The third-order valence-corrected chi connectivity index (χ3v) is 3.18. The zero-order chi connectivity index (χ0) is 14.7. The van der Waals surface area contributed by atoms with Crippen LogP contribution < -0.4 is 4.90 Å². The minimum atomic E-state index is -1.00. The standard InChI is InChI=1S/C14H11BrN2O3/c1-17(10-7-5-9(6-8-10)14(19)20)13(18)11-3-2-4-12(15)16-11/h2-8H,1H3,(H,19,20). The van der Waals surface area contributed by atoms with Crippen LogP contribution >= 0.6 is 15.9 Å². The number of anilines is 1. The molecule has 2 rings (SSSR count). The summed E-state index contributed by atoms with van der Waals surface area (Å²) >= 11 is 3.21. The van der Waals surface area contributed by atoms with Crippen molar-refractivity contribution in [2.24, 2.45) is 0 Å². The highest BCUT2D eigenvalue weighted by molar-refractivity contribution is 9.10. The molecule has 0 saturated carbocycles. The van der Waals surface area contributed by atoms with Crippen molar-refractivity contribution in [3.63, 3.8) is 0 Å². The number of carboxylic acid groups (broad SMARTS) is 1. The number of carbonyl (C=O) groups is 2. The van der Waals surface area contributed by atoms with Crippen molar-refractivity contribution in [2.45, 2.75) is 0 Å². The Morgan fingerprint density at radius 2 is 1.80 bits per heavy atom. The van der Waals surface area contributed by atoms with Gasteiger partial charge in [-0.2, -0.15) is 0 Å². The number of nitrogens with zero attached hydrogens (tertiary/aromatic N) is 2. The molecule has 1 aromatic carbocycles. The van der Waals surface area contributed by atoms with Crippen LogP contribution in [0.25, 0.3) is 0 Å². The van der Waals surface area contributed by atoms with Crippen LogP contribution in [0.1, 0.15) is 20.8 Å². The van der Waals surface area contributed by atoms with Gasteiger partial charge >= 0.3 is 5.97 Å². The molecule has 0 atom stereocenters. The van der Waals surface area contributed by atoms with Crippen molar-refractivity contribution < 1.29 is 14.7 Å². The lowest BCUT2D eigenvalue weighted by molar-refractivity contribution is 0.0696. The summed E-state index contributed by atoms with van der Waals surface area (Å²) in [5.74, 6) is -1.27. The molecule has 6 heteroatoms. The van der Waals surface area contributed by atoms with Crippen LogP contribution in [-0.2, 0) is 0 Å². The summed E-state index contributed by atoms with van der Waals surface area (Å²) in [5, 5.41) is 8.84. The molecule has 2 aromatic rings. The van der Waals surface area contributed by atoms with Crippen LogP contribution in [0.5, 0.6) is 0 Å². The number of pyridine rings is 1. The highest BCUT2D eigenvalue weighted by Gasteiger charge is 2.15. The second-order valence-corrected chi connectivity index (χ2v) is 4.87. The second-order valence-electron chi connectivity index (χ2n) is 4.06. The predicted molar refractivity (Wildman–Crippen MR) is 78.1 cm³/mol. The molecule has 0 fully saturated rings. The topological polar surface area (TPSA) is 70.5 Å². The van der Waals surface area contributed by atoms with Crippen LogP contribution in [0.2, 0.25) is 0 Å². The number of amides is 1. The molecule has 0 saturated heterocycles. The Balaban J connectivity index is 2.24. The Bertz CT molecular complexity index is 656. The van der Waals surface area contributed by atoms with E-state index in [0.29, 0.717) is 16.0 Å². The lowest BCUT2D eigenvalue weighted by Gasteiger charge is -2.17. The van der Waals surface area contributed by atoms with Gasteiger partial charge in [-0.05, 0) is 52.3 Å². The first-order valence-electron chi connectivity index (χ1n) is 5.73. The van der Waals surface area contributed by atoms with E-state index in [2.05, 4.69) is 20.9 Å². The maximum absolute atomic E-state index is 12.2. The first-order valence-corrected chi connectivity index (χ1v) is 6.52. The van der Waals surface area contributed by atoms with E-state index in [9.17, 15) is 9.59 Å². The number of hydrogen-bond donors (Lipinski definition) is 1. The van der Waals surface area contributed by atoms with Gasteiger partial charge in [0.1, 0.15) is 10.3 Å². The van der Waals surface area contributed by atoms with Gasteiger partial charge in [-0.1, -0.05) is 6.07 Å². The van der Waals surface area contributed by atoms with Crippen LogP contribution in [0.15, 0.2) is 47.1 Å². The van der Waals surface area contributed by atoms with Crippen molar-refractivity contribution in [3.05, 3.63) is 58.3 Å². The summed E-state index contributed by atoms with van der Waals surface area (Å²) in [5.41, 5.74) is 1.08. The van der Waals surface area contributed by atoms with Crippen molar-refractivity contribution in [1.82, 2.24) is 4.98 Å². The van der Waals surface area contributed by atoms with E-state index in [4.69, 9.17) is 5.11 Å². The number of carbonyl (C=O) groups excluding carboxylic acids is 1. The minimum Gasteiger partial charge on any atom is -0.478 e. The van der Waals surface area contributed by atoms with E-state index < -0.39 is 5.97 Å². The molecule has 1 amide bonds. The van der Waals surface area contributed by atoms with Crippen LogP contribution in [-0.4, -0.2) is 29.0 Å². The molecule has 0 unspecified atom stereocenters. The van der Waals surface area contributed by atoms with Gasteiger partial charge in [0, 0.05) is 12.7 Å². The quantitative estimate of drug-likeness (QED) is 0.876. The third kappa shape index (κ3) is 3.03. The monoisotopic (exact) mass is 334 g/mol. The Kier molecular flexibility index (Phi) is 4.14. The van der Waals surface area contributed by atoms with Crippen LogP contribution in [0.4, 0.5) is 5.69 Å². The molecule has 0 aliphatic rings. The van der Waals surface area contributed by atoms with Crippen molar-refractivity contribution in [2.75, 3.05) is 11.9 Å². The number of aromatic carboxylic acids is 1. The van der Waals surface area contributed by atoms with Gasteiger partial charge in [0.15, 0.2) is 0 Å². The molecular formula is C14H11BrN2O3. The Morgan fingerprint density at radius 1 is 1.15 bits per heavy atom. The number of halogens is 1. The molecule has 0 aliphatic heterocycles. The molecule has 20 heavy (non-hydrogen) atoms. The largest absolute Gasteiger partial charge is 0.478 e. The molecule has 5 nitrogen and oxygen atoms in total. The number of benzene rings is 1. The van der Waals surface area contributed by atoms with E-state index in [-0.39, 0.29) is 11.5 Å². The SMILES string of the molecule is CN(C(=O)c1cccc(Br)n1)c1ccc(C(=O)O)cc1. The molecule has 102 valence electrons. The maximum Gasteiger partial charge on any atom is 0.335 e. The van der Waals surface area contributed by atoms with E-state index in [1.807, 2.05) is 0 Å². The highest BCUT2D eigenvalue weighted by Crippen LogP contribution is 2.17. The second kappa shape index (κ2) is 5.83. The average Bonchev–Trinajstić information content (AvgIpc) is 2.46. The molecule has 0 aliphatic carbocycles. The fourth-order valence-electron chi connectivity index (χ4n) is 1.64. The zero-order valence-electron chi connectivity index (χ0n) is 10.6. The first-order chi connectivity index (χ1) is 9.49. The average molecular weight is 335 g/mol. The lowest BCUT2D eigenvalue weighted by Crippen LogP contribution is -2.27. The van der Waals surface area contributed by atoms with Crippen molar-refractivity contribution >= 4 is 33.5 Å². The van der Waals surface area contributed by atoms with Crippen molar-refractivity contribution in [1.29, 1.82) is 0 Å². The maximum atomic E-state index is 12.2. The van der Waals surface area contributed by atoms with Crippen LogP contribution in [0, 0.1) is 0 Å². The van der Waals surface area contributed by atoms with Gasteiger partial charge in [0.25, 0.3) is 5.91 Å². The smallest absolute Gasteiger partial charge is 0.335 e. The van der Waals surface area contributed by atoms with Crippen molar-refractivity contribution in [3.8, 4) is 0 Å². The fraction of sp³-hybridized carbons (Fsp3) is 0.0714. The number of carboxylic acids is 1.